The van der Waals surface area contributed by atoms with Gasteiger partial charge in [0.25, 0.3) is 0 Å². The Morgan fingerprint density at radius 3 is 2.97 bits per heavy atom. The quantitative estimate of drug-likeness (QED) is 0.581. The lowest BCUT2D eigenvalue weighted by Crippen LogP contribution is -2.40. The number of aromatic nitrogens is 1. The number of nitrogens with zero attached hydrogens (tertiary/aromatic N) is 3. The summed E-state index contributed by atoms with van der Waals surface area (Å²) in [7, 11) is 0. The maximum atomic E-state index is 12.9. The molecule has 1 aliphatic carbocycles. The predicted molar refractivity (Wildman–Crippen MR) is 134 cm³/mol. The van der Waals surface area contributed by atoms with Crippen molar-refractivity contribution in [1.82, 2.24) is 10.4 Å². The number of urea groups is 1. The largest absolute Gasteiger partial charge is 0.369 e. The zero-order valence-corrected chi connectivity index (χ0v) is 19.0. The van der Waals surface area contributed by atoms with E-state index in [2.05, 4.69) is 63.6 Å². The Labute approximate surface area is 194 Å². The van der Waals surface area contributed by atoms with Crippen molar-refractivity contribution < 1.29 is 4.79 Å². The Kier molecular flexibility index (Phi) is 4.93. The molecule has 0 spiro atoms. The molecule has 3 heterocycles. The van der Waals surface area contributed by atoms with E-state index in [9.17, 15) is 4.79 Å². The van der Waals surface area contributed by atoms with Crippen LogP contribution in [0.3, 0.4) is 0 Å². The molecule has 6 rings (SSSR count). The summed E-state index contributed by atoms with van der Waals surface area (Å²) < 4.78 is 0. The number of amides is 2. The molecule has 0 bridgehead atoms. The van der Waals surface area contributed by atoms with Crippen LogP contribution in [0.15, 0.2) is 59.6 Å². The van der Waals surface area contributed by atoms with Crippen molar-refractivity contribution in [3.8, 4) is 0 Å². The minimum atomic E-state index is -0.339. The number of para-hydroxylation sites is 1. The van der Waals surface area contributed by atoms with Gasteiger partial charge in [0.05, 0.1) is 11.4 Å². The van der Waals surface area contributed by atoms with Gasteiger partial charge >= 0.3 is 6.03 Å². The number of aliphatic imine (C=N–C) groups is 1. The molecule has 1 fully saturated rings. The van der Waals surface area contributed by atoms with Crippen LogP contribution in [-0.2, 0) is 12.8 Å². The summed E-state index contributed by atoms with van der Waals surface area (Å²) in [4.78, 5) is 23.3. The number of aromatic amines is 1. The fourth-order valence-corrected chi connectivity index (χ4v) is 5.52. The minimum Gasteiger partial charge on any atom is -0.369 e. The first kappa shape index (κ1) is 20.1. The molecule has 6 heteroatoms. The monoisotopic (exact) mass is 439 g/mol. The van der Waals surface area contributed by atoms with Gasteiger partial charge in [-0.3, -0.25) is 5.01 Å². The molecule has 3 aliphatic rings. The van der Waals surface area contributed by atoms with Gasteiger partial charge in [0.2, 0.25) is 0 Å². The lowest BCUT2D eigenvalue weighted by Gasteiger charge is -2.35. The van der Waals surface area contributed by atoms with Gasteiger partial charge in [0, 0.05) is 53.4 Å². The molecule has 0 saturated carbocycles. The van der Waals surface area contributed by atoms with E-state index in [1.807, 2.05) is 23.2 Å². The summed E-state index contributed by atoms with van der Waals surface area (Å²) in [6, 6.07) is 15.1. The van der Waals surface area contributed by atoms with E-state index >= 15 is 0 Å². The van der Waals surface area contributed by atoms with Crippen LogP contribution in [0.5, 0.6) is 0 Å². The fraction of sp³-hybridized carbons (Fsp3) is 0.333. The Balaban J connectivity index is 1.22. The van der Waals surface area contributed by atoms with Gasteiger partial charge in [-0.05, 0) is 68.5 Å². The lowest BCUT2D eigenvalue weighted by atomic mass is 9.99. The summed E-state index contributed by atoms with van der Waals surface area (Å²) >= 11 is 0. The first-order chi connectivity index (χ1) is 16.2. The van der Waals surface area contributed by atoms with Gasteiger partial charge in [0.15, 0.2) is 0 Å². The zero-order chi connectivity index (χ0) is 22.4. The minimum absolute atomic E-state index is 0.339. The fourth-order valence-electron chi connectivity index (χ4n) is 5.52. The molecule has 1 atom stereocenters. The normalized spacial score (nSPS) is 20.9. The first-order valence-corrected chi connectivity index (χ1v) is 12.0. The predicted octanol–water partition coefficient (Wildman–Crippen LogP) is 5.14. The van der Waals surface area contributed by atoms with E-state index in [-0.39, 0.29) is 6.03 Å². The van der Waals surface area contributed by atoms with Crippen LogP contribution >= 0.6 is 0 Å². The highest BCUT2D eigenvalue weighted by atomic mass is 16.2. The van der Waals surface area contributed by atoms with Gasteiger partial charge in [-0.2, -0.15) is 4.99 Å². The maximum Gasteiger partial charge on any atom is 0.360 e. The highest BCUT2D eigenvalue weighted by Crippen LogP contribution is 2.33. The van der Waals surface area contributed by atoms with E-state index in [1.54, 1.807) is 0 Å². The van der Waals surface area contributed by atoms with E-state index in [4.69, 9.17) is 0 Å². The summed E-state index contributed by atoms with van der Waals surface area (Å²) in [6.07, 6.45) is 9.59. The number of carbonyl (C=O) groups excluding carboxylic acids is 1. The Bertz CT molecular complexity index is 1290. The number of hydrogen-bond acceptors (Lipinski definition) is 3. The second-order valence-corrected chi connectivity index (χ2v) is 9.30. The number of rotatable bonds is 2. The number of benzene rings is 2. The summed E-state index contributed by atoms with van der Waals surface area (Å²) in [5.74, 6) is 0. The SMILES string of the molecule is CC1CCCCN1c1ccc2c(c1)CCN2NC(=O)N=C1C=CCc2[nH]c3ccccc3c21. The second kappa shape index (κ2) is 8.10. The van der Waals surface area contributed by atoms with Crippen molar-refractivity contribution in [3.05, 3.63) is 71.4 Å². The molecule has 1 aromatic heterocycles. The smallest absolute Gasteiger partial charge is 0.360 e. The Morgan fingerprint density at radius 1 is 1.15 bits per heavy atom. The van der Waals surface area contributed by atoms with Crippen LogP contribution in [0, 0.1) is 0 Å². The summed E-state index contributed by atoms with van der Waals surface area (Å²) in [5.41, 5.74) is 10.6. The number of hydrogen-bond donors (Lipinski definition) is 2. The summed E-state index contributed by atoms with van der Waals surface area (Å²) in [6.45, 7) is 4.21. The van der Waals surface area contributed by atoms with Crippen molar-refractivity contribution in [2.45, 2.75) is 45.1 Å². The lowest BCUT2D eigenvalue weighted by molar-refractivity contribution is 0.248. The second-order valence-electron chi connectivity index (χ2n) is 9.30. The average Bonchev–Trinajstić information content (AvgIpc) is 3.40. The van der Waals surface area contributed by atoms with Crippen molar-refractivity contribution in [2.24, 2.45) is 4.99 Å². The van der Waals surface area contributed by atoms with Gasteiger partial charge in [-0.15, -0.1) is 0 Å². The Morgan fingerprint density at radius 2 is 2.06 bits per heavy atom. The van der Waals surface area contributed by atoms with Crippen LogP contribution in [-0.4, -0.2) is 35.9 Å². The third-order valence-electron chi connectivity index (χ3n) is 7.18. The van der Waals surface area contributed by atoms with Crippen LogP contribution in [0.4, 0.5) is 16.2 Å². The van der Waals surface area contributed by atoms with Crippen LogP contribution < -0.4 is 15.3 Å². The molecule has 6 nitrogen and oxygen atoms in total. The number of H-pyrrole nitrogens is 1. The summed E-state index contributed by atoms with van der Waals surface area (Å²) in [5, 5.41) is 3.04. The van der Waals surface area contributed by atoms with Crippen molar-refractivity contribution in [3.63, 3.8) is 0 Å². The number of fused-ring (bicyclic) bond motifs is 4. The molecule has 2 amide bonds. The molecular formula is C27H29N5O. The standard InChI is InChI=1S/C27H29N5O/c1-18-7-4-5-15-31(18)20-12-13-25-19(17-20)14-16-32(25)30-27(33)29-24-11-6-10-23-26(24)21-8-2-3-9-22(21)28-23/h2-3,6,8-9,11-13,17-18,28H,4-5,7,10,14-16H2,1H3,(H,30,33). The van der Waals surface area contributed by atoms with E-state index in [1.165, 1.54) is 30.5 Å². The van der Waals surface area contributed by atoms with Crippen LogP contribution in [0.1, 0.15) is 43.0 Å². The van der Waals surface area contributed by atoms with Crippen molar-refractivity contribution in [2.75, 3.05) is 23.0 Å². The van der Waals surface area contributed by atoms with Gasteiger partial charge in [-0.25, -0.2) is 10.2 Å². The number of carbonyl (C=O) groups is 1. The molecule has 2 aromatic carbocycles. The zero-order valence-electron chi connectivity index (χ0n) is 19.0. The third-order valence-corrected chi connectivity index (χ3v) is 7.18. The Hall–Kier alpha value is -3.54. The average molecular weight is 440 g/mol. The molecule has 3 aromatic rings. The van der Waals surface area contributed by atoms with Gasteiger partial charge in [-0.1, -0.05) is 24.3 Å². The highest BCUT2D eigenvalue weighted by Gasteiger charge is 2.25. The molecule has 2 N–H and O–H groups in total. The number of anilines is 2. The first-order valence-electron chi connectivity index (χ1n) is 12.0. The number of piperidine rings is 1. The topological polar surface area (TPSA) is 63.7 Å². The van der Waals surface area contributed by atoms with Crippen LogP contribution in [0.2, 0.25) is 0 Å². The molecule has 0 radical (unpaired) electrons. The molecule has 1 unspecified atom stereocenters. The van der Waals surface area contributed by atoms with Crippen molar-refractivity contribution in [1.29, 1.82) is 0 Å². The van der Waals surface area contributed by atoms with Crippen LogP contribution in [0.25, 0.3) is 10.9 Å². The molecular weight excluding hydrogens is 410 g/mol. The highest BCUT2D eigenvalue weighted by molar-refractivity contribution is 6.20. The molecule has 168 valence electrons. The number of allylic oxidation sites excluding steroid dienone is 2. The third kappa shape index (κ3) is 3.59. The maximum absolute atomic E-state index is 12.9. The van der Waals surface area contributed by atoms with Gasteiger partial charge < -0.3 is 9.88 Å². The molecule has 2 aliphatic heterocycles. The number of hydrazine groups is 1. The van der Waals surface area contributed by atoms with E-state index in [0.29, 0.717) is 11.8 Å². The van der Waals surface area contributed by atoms with Gasteiger partial charge in [0.1, 0.15) is 0 Å². The molecule has 1 saturated heterocycles. The van der Waals surface area contributed by atoms with E-state index < -0.39 is 0 Å². The molecule has 33 heavy (non-hydrogen) atoms. The van der Waals surface area contributed by atoms with E-state index in [0.717, 1.165) is 53.8 Å². The van der Waals surface area contributed by atoms with Crippen molar-refractivity contribution >= 4 is 34.0 Å². The number of nitrogens with one attached hydrogen (secondary N) is 2.